The molecular weight excluding hydrogens is 377 g/mol. The van der Waals surface area contributed by atoms with Crippen LogP contribution in [0.4, 0.5) is 24.5 Å². The van der Waals surface area contributed by atoms with E-state index in [0.29, 0.717) is 13.0 Å². The van der Waals surface area contributed by atoms with Gasteiger partial charge in [-0.05, 0) is 25.5 Å². The SMILES string of the molecule is COCCCn1c(O)c(C#N)c(C)c(N=Nc2ccccc2C(F)(F)F)c1=O. The third kappa shape index (κ3) is 4.37. The van der Waals surface area contributed by atoms with Crippen molar-refractivity contribution in [2.24, 2.45) is 10.2 Å². The molecule has 2 rings (SSSR count). The number of benzene rings is 1. The Morgan fingerprint density at radius 1 is 1.29 bits per heavy atom. The minimum absolute atomic E-state index is 0.0289. The van der Waals surface area contributed by atoms with Gasteiger partial charge >= 0.3 is 6.18 Å². The first kappa shape index (κ1) is 21.1. The molecule has 10 heteroatoms. The number of nitriles is 1. The lowest BCUT2D eigenvalue weighted by Gasteiger charge is -2.13. The van der Waals surface area contributed by atoms with Crippen LogP contribution < -0.4 is 5.56 Å². The molecule has 0 aliphatic carbocycles. The topological polar surface area (TPSA) is 100.0 Å². The molecule has 0 unspecified atom stereocenters. The summed E-state index contributed by atoms with van der Waals surface area (Å²) in [6.07, 6.45) is -4.27. The van der Waals surface area contributed by atoms with E-state index in [1.54, 1.807) is 6.07 Å². The van der Waals surface area contributed by atoms with Crippen molar-refractivity contribution >= 4 is 11.4 Å². The first-order chi connectivity index (χ1) is 13.2. The van der Waals surface area contributed by atoms with E-state index < -0.39 is 28.9 Å². The van der Waals surface area contributed by atoms with Crippen molar-refractivity contribution in [3.05, 3.63) is 51.3 Å². The zero-order valence-corrected chi connectivity index (χ0v) is 15.1. The number of hydrogen-bond acceptors (Lipinski definition) is 6. The molecule has 0 radical (unpaired) electrons. The van der Waals surface area contributed by atoms with Gasteiger partial charge in [-0.3, -0.25) is 9.36 Å². The number of ether oxygens (including phenoxy) is 1. The van der Waals surface area contributed by atoms with Crippen LogP contribution in [0.2, 0.25) is 0 Å². The van der Waals surface area contributed by atoms with Crippen molar-refractivity contribution in [3.63, 3.8) is 0 Å². The Bertz CT molecular complexity index is 991. The van der Waals surface area contributed by atoms with E-state index in [9.17, 15) is 28.3 Å². The molecule has 0 saturated carbocycles. The van der Waals surface area contributed by atoms with Crippen molar-refractivity contribution < 1.29 is 23.0 Å². The molecule has 0 fully saturated rings. The van der Waals surface area contributed by atoms with Gasteiger partial charge in [0.25, 0.3) is 5.56 Å². The highest BCUT2D eigenvalue weighted by atomic mass is 19.4. The number of hydrogen-bond donors (Lipinski definition) is 1. The van der Waals surface area contributed by atoms with Crippen molar-refractivity contribution in [1.29, 1.82) is 5.26 Å². The summed E-state index contributed by atoms with van der Waals surface area (Å²) in [7, 11) is 1.47. The summed E-state index contributed by atoms with van der Waals surface area (Å²) >= 11 is 0. The second kappa shape index (κ2) is 8.67. The van der Waals surface area contributed by atoms with Gasteiger partial charge in [0.05, 0.1) is 11.3 Å². The second-order valence-corrected chi connectivity index (χ2v) is 5.80. The molecule has 0 saturated heterocycles. The highest BCUT2D eigenvalue weighted by molar-refractivity contribution is 5.57. The highest BCUT2D eigenvalue weighted by Gasteiger charge is 2.33. The Morgan fingerprint density at radius 3 is 2.57 bits per heavy atom. The van der Waals surface area contributed by atoms with Gasteiger partial charge in [-0.2, -0.15) is 18.4 Å². The fraction of sp³-hybridized carbons (Fsp3) is 0.333. The van der Waals surface area contributed by atoms with Crippen molar-refractivity contribution in [1.82, 2.24) is 4.57 Å². The lowest BCUT2D eigenvalue weighted by molar-refractivity contribution is -0.137. The van der Waals surface area contributed by atoms with Crippen LogP contribution in [0.25, 0.3) is 0 Å². The summed E-state index contributed by atoms with van der Waals surface area (Å²) in [6.45, 7) is 1.70. The summed E-state index contributed by atoms with van der Waals surface area (Å²) in [5.41, 5.74) is -2.72. The molecule has 0 atom stereocenters. The van der Waals surface area contributed by atoms with Gasteiger partial charge in [0.1, 0.15) is 11.6 Å². The Labute approximate surface area is 158 Å². The maximum absolute atomic E-state index is 13.1. The molecule has 1 aromatic heterocycles. The molecule has 0 spiro atoms. The Kier molecular flexibility index (Phi) is 6.53. The summed E-state index contributed by atoms with van der Waals surface area (Å²) < 4.78 is 45.1. The number of pyridine rings is 1. The Hall–Kier alpha value is -3.19. The number of halogens is 3. The summed E-state index contributed by atoms with van der Waals surface area (Å²) in [5, 5.41) is 26.7. The predicted octanol–water partition coefficient (Wildman–Crippen LogP) is 4.20. The lowest BCUT2D eigenvalue weighted by Crippen LogP contribution is -2.22. The largest absolute Gasteiger partial charge is 0.493 e. The molecule has 0 aliphatic rings. The standard InChI is InChI=1S/C18H17F3N4O3/c1-11-12(10-22)16(26)25(8-5-9-28-2)17(27)15(11)24-23-14-7-4-3-6-13(14)18(19,20)21/h3-4,6-7,26H,5,8-9H2,1-2H3. The van der Waals surface area contributed by atoms with Crippen molar-refractivity contribution in [2.75, 3.05) is 13.7 Å². The smallest absolute Gasteiger partial charge is 0.418 e. The fourth-order valence-electron chi connectivity index (χ4n) is 2.54. The minimum Gasteiger partial charge on any atom is -0.493 e. The van der Waals surface area contributed by atoms with E-state index in [-0.39, 0.29) is 23.4 Å². The average Bonchev–Trinajstić information content (AvgIpc) is 2.64. The molecule has 0 bridgehead atoms. The number of alkyl halides is 3. The van der Waals surface area contributed by atoms with Gasteiger partial charge in [0.15, 0.2) is 5.69 Å². The van der Waals surface area contributed by atoms with Crippen LogP contribution in [-0.4, -0.2) is 23.4 Å². The normalized spacial score (nSPS) is 11.7. The molecule has 1 heterocycles. The summed E-state index contributed by atoms with van der Waals surface area (Å²) in [4.78, 5) is 12.7. The number of aromatic nitrogens is 1. The van der Waals surface area contributed by atoms with E-state index in [0.717, 1.165) is 16.7 Å². The average molecular weight is 394 g/mol. The second-order valence-electron chi connectivity index (χ2n) is 5.80. The monoisotopic (exact) mass is 394 g/mol. The molecule has 7 nitrogen and oxygen atoms in total. The molecule has 1 aromatic carbocycles. The molecule has 1 N–H and O–H groups in total. The highest BCUT2D eigenvalue weighted by Crippen LogP contribution is 2.37. The van der Waals surface area contributed by atoms with Crippen molar-refractivity contribution in [2.45, 2.75) is 26.1 Å². The third-order valence-electron chi connectivity index (χ3n) is 3.97. The molecular formula is C18H17F3N4O3. The maximum atomic E-state index is 13.1. The number of azo groups is 1. The number of nitrogens with zero attached hydrogens (tertiary/aromatic N) is 4. The van der Waals surface area contributed by atoms with Crippen LogP contribution >= 0.6 is 0 Å². The lowest BCUT2D eigenvalue weighted by atomic mass is 10.1. The predicted molar refractivity (Wildman–Crippen MR) is 93.9 cm³/mol. The van der Waals surface area contributed by atoms with Crippen LogP contribution in [0.15, 0.2) is 39.3 Å². The van der Waals surface area contributed by atoms with Gasteiger partial charge in [0, 0.05) is 25.8 Å². The van der Waals surface area contributed by atoms with E-state index in [4.69, 9.17) is 4.74 Å². The molecule has 0 amide bonds. The van der Waals surface area contributed by atoms with E-state index in [1.807, 2.05) is 0 Å². The summed E-state index contributed by atoms with van der Waals surface area (Å²) in [5.74, 6) is -0.532. The van der Waals surface area contributed by atoms with Gasteiger partial charge in [-0.15, -0.1) is 10.2 Å². The zero-order chi connectivity index (χ0) is 20.9. The van der Waals surface area contributed by atoms with Gasteiger partial charge < -0.3 is 9.84 Å². The van der Waals surface area contributed by atoms with Crippen LogP contribution in [-0.2, 0) is 17.5 Å². The van der Waals surface area contributed by atoms with Crippen LogP contribution in [0.3, 0.4) is 0 Å². The minimum atomic E-state index is -4.64. The Balaban J connectivity index is 2.58. The molecule has 0 aliphatic heterocycles. The van der Waals surface area contributed by atoms with Crippen molar-refractivity contribution in [3.8, 4) is 11.9 Å². The Morgan fingerprint density at radius 2 is 1.96 bits per heavy atom. The molecule has 148 valence electrons. The van der Waals surface area contributed by atoms with Gasteiger partial charge in [0.2, 0.25) is 5.88 Å². The van der Waals surface area contributed by atoms with Gasteiger partial charge in [-0.1, -0.05) is 12.1 Å². The van der Waals surface area contributed by atoms with E-state index in [2.05, 4.69) is 10.2 Å². The van der Waals surface area contributed by atoms with Crippen LogP contribution in [0.1, 0.15) is 23.1 Å². The fourth-order valence-corrected chi connectivity index (χ4v) is 2.54. The zero-order valence-electron chi connectivity index (χ0n) is 15.1. The number of methoxy groups -OCH3 is 1. The maximum Gasteiger partial charge on any atom is 0.418 e. The summed E-state index contributed by atoms with van der Waals surface area (Å²) in [6, 6.07) is 6.31. The van der Waals surface area contributed by atoms with Crippen LogP contribution in [0, 0.1) is 18.3 Å². The third-order valence-corrected chi connectivity index (χ3v) is 3.97. The molecule has 2 aromatic rings. The van der Waals surface area contributed by atoms with E-state index in [1.165, 1.54) is 26.2 Å². The number of aromatic hydroxyl groups is 1. The number of rotatable bonds is 6. The molecule has 28 heavy (non-hydrogen) atoms. The van der Waals surface area contributed by atoms with Gasteiger partial charge in [-0.25, -0.2) is 0 Å². The first-order valence-electron chi connectivity index (χ1n) is 8.15. The van der Waals surface area contributed by atoms with E-state index >= 15 is 0 Å². The van der Waals surface area contributed by atoms with Crippen LogP contribution in [0.5, 0.6) is 5.88 Å². The quantitative estimate of drug-likeness (QED) is 0.586. The first-order valence-corrected chi connectivity index (χ1v) is 8.15.